The van der Waals surface area contributed by atoms with Crippen LogP contribution in [0.25, 0.3) is 0 Å². The highest BCUT2D eigenvalue weighted by Gasteiger charge is 2.24. The van der Waals surface area contributed by atoms with Crippen molar-refractivity contribution in [1.82, 2.24) is 15.4 Å². The molecule has 0 unspecified atom stereocenters. The number of nitrogens with one attached hydrogen (secondary N) is 1. The van der Waals surface area contributed by atoms with Crippen LogP contribution in [0.5, 0.6) is 5.88 Å². The fraction of sp³-hybridized carbons (Fsp3) is 0.421. The third-order valence-corrected chi connectivity index (χ3v) is 4.31. The van der Waals surface area contributed by atoms with Crippen LogP contribution >= 0.6 is 0 Å². The molecule has 1 aromatic carbocycles. The van der Waals surface area contributed by atoms with Crippen LogP contribution in [0, 0.1) is 0 Å². The predicted molar refractivity (Wildman–Crippen MR) is 97.9 cm³/mol. The Kier molecular flexibility index (Phi) is 6.85. The number of carbonyl (C=O) groups excluding carboxylic acids is 2. The molecule has 1 amide bonds. The first kappa shape index (κ1) is 19.7. The van der Waals surface area contributed by atoms with Gasteiger partial charge in [-0.15, -0.1) is 0 Å². The molecular weight excluding hydrogens is 366 g/mol. The minimum absolute atomic E-state index is 0.0133. The van der Waals surface area contributed by atoms with E-state index in [4.69, 9.17) is 14.0 Å². The van der Waals surface area contributed by atoms with Gasteiger partial charge in [0.2, 0.25) is 5.76 Å². The van der Waals surface area contributed by atoms with Crippen LogP contribution in [0.15, 0.2) is 40.9 Å². The van der Waals surface area contributed by atoms with Crippen molar-refractivity contribution >= 4 is 12.1 Å². The molecule has 0 spiro atoms. The van der Waals surface area contributed by atoms with Gasteiger partial charge in [-0.2, -0.15) is 0 Å². The van der Waals surface area contributed by atoms with E-state index >= 15 is 0 Å². The number of benzene rings is 1. The fourth-order valence-electron chi connectivity index (χ4n) is 2.82. The Bertz CT molecular complexity index is 779. The summed E-state index contributed by atoms with van der Waals surface area (Å²) in [6.45, 7) is 2.42. The molecule has 0 saturated carbocycles. The topological polar surface area (TPSA) is 103 Å². The van der Waals surface area contributed by atoms with Crippen LogP contribution in [-0.2, 0) is 16.1 Å². The van der Waals surface area contributed by atoms with Crippen LogP contribution < -0.4 is 10.1 Å². The molecule has 9 heteroatoms. The highest BCUT2D eigenvalue weighted by Crippen LogP contribution is 2.13. The summed E-state index contributed by atoms with van der Waals surface area (Å²) in [5, 5.41) is 7.01. The van der Waals surface area contributed by atoms with Gasteiger partial charge in [0.1, 0.15) is 6.61 Å². The Morgan fingerprint density at radius 3 is 2.93 bits per heavy atom. The summed E-state index contributed by atoms with van der Waals surface area (Å²) in [4.78, 5) is 25.3. The van der Waals surface area contributed by atoms with Crippen molar-refractivity contribution < 1.29 is 28.3 Å². The lowest BCUT2D eigenvalue weighted by molar-refractivity contribution is 0.0554. The Morgan fingerprint density at radius 2 is 2.14 bits per heavy atom. The van der Waals surface area contributed by atoms with Crippen molar-refractivity contribution in [3.8, 4) is 5.88 Å². The van der Waals surface area contributed by atoms with E-state index in [-0.39, 0.29) is 30.4 Å². The van der Waals surface area contributed by atoms with Crippen LogP contribution in [0.2, 0.25) is 0 Å². The van der Waals surface area contributed by atoms with Gasteiger partial charge in [0.05, 0.1) is 19.8 Å². The third kappa shape index (κ3) is 5.46. The maximum absolute atomic E-state index is 12.3. The number of esters is 1. The summed E-state index contributed by atoms with van der Waals surface area (Å²) in [5.41, 5.74) is 0.954. The number of nitrogens with zero attached hydrogens (tertiary/aromatic N) is 2. The molecule has 1 aromatic heterocycles. The second-order valence-corrected chi connectivity index (χ2v) is 6.30. The highest BCUT2D eigenvalue weighted by molar-refractivity contribution is 5.86. The molecule has 150 valence electrons. The fourth-order valence-corrected chi connectivity index (χ4v) is 2.82. The van der Waals surface area contributed by atoms with Crippen molar-refractivity contribution in [3.63, 3.8) is 0 Å². The van der Waals surface area contributed by atoms with E-state index in [2.05, 4.69) is 15.2 Å². The normalized spacial score (nSPS) is 16.5. The van der Waals surface area contributed by atoms with Gasteiger partial charge in [0.15, 0.2) is 0 Å². The van der Waals surface area contributed by atoms with E-state index < -0.39 is 5.97 Å². The number of rotatable bonds is 7. The molecule has 2 aromatic rings. The van der Waals surface area contributed by atoms with Gasteiger partial charge in [0.25, 0.3) is 5.88 Å². The third-order valence-electron chi connectivity index (χ3n) is 4.31. The summed E-state index contributed by atoms with van der Waals surface area (Å²) < 4.78 is 20.3. The average molecular weight is 389 g/mol. The monoisotopic (exact) mass is 389 g/mol. The minimum Gasteiger partial charge on any atom is -0.475 e. The molecule has 0 bridgehead atoms. The average Bonchev–Trinajstić information content (AvgIpc) is 3.21. The van der Waals surface area contributed by atoms with Crippen molar-refractivity contribution in [2.24, 2.45) is 0 Å². The van der Waals surface area contributed by atoms with Crippen LogP contribution in [0.3, 0.4) is 0 Å². The van der Waals surface area contributed by atoms with Gasteiger partial charge >= 0.3 is 12.1 Å². The lowest BCUT2D eigenvalue weighted by Gasteiger charge is -2.33. The summed E-state index contributed by atoms with van der Waals surface area (Å²) in [6, 6.07) is 11.0. The molecule has 1 N–H and O–H groups in total. The Morgan fingerprint density at radius 1 is 1.32 bits per heavy atom. The maximum atomic E-state index is 12.3. The van der Waals surface area contributed by atoms with Crippen molar-refractivity contribution in [1.29, 1.82) is 0 Å². The van der Waals surface area contributed by atoms with Crippen molar-refractivity contribution in [2.45, 2.75) is 19.1 Å². The molecule has 1 aliphatic heterocycles. The van der Waals surface area contributed by atoms with E-state index in [0.717, 1.165) is 5.56 Å². The molecule has 9 nitrogen and oxygen atoms in total. The first-order valence-corrected chi connectivity index (χ1v) is 9.02. The van der Waals surface area contributed by atoms with Crippen LogP contribution in [0.1, 0.15) is 22.5 Å². The summed E-state index contributed by atoms with van der Waals surface area (Å²) in [5.74, 6) is -0.406. The van der Waals surface area contributed by atoms with Gasteiger partial charge in [0, 0.05) is 25.7 Å². The highest BCUT2D eigenvalue weighted by atomic mass is 16.6. The molecule has 2 heterocycles. The lowest BCUT2D eigenvalue weighted by atomic mass is 10.1. The number of amides is 1. The molecule has 1 saturated heterocycles. The molecule has 0 radical (unpaired) electrons. The molecule has 1 aliphatic rings. The van der Waals surface area contributed by atoms with Crippen molar-refractivity contribution in [2.75, 3.05) is 33.4 Å². The van der Waals surface area contributed by atoms with Gasteiger partial charge < -0.3 is 29.0 Å². The first-order chi connectivity index (χ1) is 13.7. The Hall–Kier alpha value is -3.07. The summed E-state index contributed by atoms with van der Waals surface area (Å²) in [6.07, 6.45) is 0.332. The first-order valence-electron chi connectivity index (χ1n) is 9.02. The SMILES string of the molecule is COC(=O)c1cc(OCC[C@@H]2CN(C(=O)OCc3ccccc3)CCN2)no1. The number of aromatic nitrogens is 1. The van der Waals surface area contributed by atoms with Crippen LogP contribution in [0.4, 0.5) is 4.79 Å². The number of hydrogen-bond donors (Lipinski definition) is 1. The van der Waals surface area contributed by atoms with E-state index in [1.54, 1.807) is 4.90 Å². The predicted octanol–water partition coefficient (Wildman–Crippen LogP) is 1.84. The largest absolute Gasteiger partial charge is 0.475 e. The zero-order valence-corrected chi connectivity index (χ0v) is 15.6. The maximum Gasteiger partial charge on any atom is 0.410 e. The summed E-state index contributed by atoms with van der Waals surface area (Å²) >= 11 is 0. The zero-order valence-electron chi connectivity index (χ0n) is 15.6. The van der Waals surface area contributed by atoms with Crippen LogP contribution in [-0.4, -0.2) is 61.5 Å². The lowest BCUT2D eigenvalue weighted by Crippen LogP contribution is -2.53. The number of hydrogen-bond acceptors (Lipinski definition) is 8. The van der Waals surface area contributed by atoms with Gasteiger partial charge in [-0.25, -0.2) is 9.59 Å². The van der Waals surface area contributed by atoms with Gasteiger partial charge in [-0.1, -0.05) is 30.3 Å². The van der Waals surface area contributed by atoms with E-state index in [0.29, 0.717) is 32.7 Å². The summed E-state index contributed by atoms with van der Waals surface area (Å²) in [7, 11) is 1.26. The van der Waals surface area contributed by atoms with Gasteiger partial charge in [-0.3, -0.25) is 0 Å². The molecule has 0 aliphatic carbocycles. The second kappa shape index (κ2) is 9.75. The number of ether oxygens (including phenoxy) is 3. The standard InChI is InChI=1S/C19H23N3O6/c1-25-18(23)16-11-17(21-28-16)26-10-7-15-12-22(9-8-20-15)19(24)27-13-14-5-3-2-4-6-14/h2-6,11,15,20H,7-10,12-13H2,1H3/t15-/m1/s1. The zero-order chi connectivity index (χ0) is 19.8. The molecule has 1 atom stereocenters. The van der Waals surface area contributed by atoms with E-state index in [1.165, 1.54) is 13.2 Å². The minimum atomic E-state index is -0.610. The van der Waals surface area contributed by atoms with E-state index in [9.17, 15) is 9.59 Å². The number of carbonyl (C=O) groups is 2. The van der Waals surface area contributed by atoms with Crippen molar-refractivity contribution in [3.05, 3.63) is 47.7 Å². The number of methoxy groups -OCH3 is 1. The second-order valence-electron chi connectivity index (χ2n) is 6.30. The smallest absolute Gasteiger partial charge is 0.410 e. The quantitative estimate of drug-likeness (QED) is 0.716. The Labute approximate surface area is 162 Å². The molecule has 1 fully saturated rings. The Balaban J connectivity index is 1.40. The number of piperazine rings is 1. The molecule has 28 heavy (non-hydrogen) atoms. The molecular formula is C19H23N3O6. The van der Waals surface area contributed by atoms with Gasteiger partial charge in [-0.05, 0) is 17.1 Å². The molecule has 3 rings (SSSR count). The van der Waals surface area contributed by atoms with E-state index in [1.807, 2.05) is 30.3 Å².